The molecule has 1 fully saturated rings. The van der Waals surface area contributed by atoms with Crippen LogP contribution in [0.15, 0.2) is 12.4 Å². The molecule has 0 aromatic carbocycles. The molecule has 5 atom stereocenters. The lowest BCUT2D eigenvalue weighted by atomic mass is 9.83. The van der Waals surface area contributed by atoms with Gasteiger partial charge in [-0.25, -0.2) is 4.98 Å². The minimum absolute atomic E-state index is 0.259. The summed E-state index contributed by atoms with van der Waals surface area (Å²) in [5, 5.41) is 3.44. The summed E-state index contributed by atoms with van der Waals surface area (Å²) < 4.78 is 8.18. The Morgan fingerprint density at radius 2 is 2.11 bits per heavy atom. The number of nitrogens with zero attached hydrogens (tertiary/aromatic N) is 2. The van der Waals surface area contributed by atoms with Crippen molar-refractivity contribution in [2.75, 3.05) is 7.05 Å². The first kappa shape index (κ1) is 13.6. The van der Waals surface area contributed by atoms with E-state index in [0.29, 0.717) is 17.9 Å². The zero-order valence-corrected chi connectivity index (χ0v) is 12.1. The summed E-state index contributed by atoms with van der Waals surface area (Å²) in [6.45, 7) is 9.73. The standard InChI is InChI=1S/C14H25N3O/c1-6-17-8-7-16-14(17)13(15-5)12-9(2)10(3)18-11(12)4/h7-13,15H,6H2,1-5H3. The average Bonchev–Trinajstić information content (AvgIpc) is 2.90. The number of ether oxygens (including phenoxy) is 1. The fourth-order valence-electron chi connectivity index (χ4n) is 3.23. The van der Waals surface area contributed by atoms with Crippen LogP contribution in [0.5, 0.6) is 0 Å². The molecule has 5 unspecified atom stereocenters. The molecule has 18 heavy (non-hydrogen) atoms. The molecular formula is C14H25N3O. The molecule has 1 N–H and O–H groups in total. The number of aromatic nitrogens is 2. The van der Waals surface area contributed by atoms with Gasteiger partial charge in [-0.15, -0.1) is 0 Å². The van der Waals surface area contributed by atoms with Crippen molar-refractivity contribution in [2.24, 2.45) is 11.8 Å². The molecule has 2 heterocycles. The van der Waals surface area contributed by atoms with E-state index in [1.54, 1.807) is 0 Å². The Kier molecular flexibility index (Phi) is 4.07. The highest BCUT2D eigenvalue weighted by molar-refractivity contribution is 5.05. The smallest absolute Gasteiger partial charge is 0.126 e. The molecule has 102 valence electrons. The van der Waals surface area contributed by atoms with Crippen molar-refractivity contribution in [3.8, 4) is 0 Å². The summed E-state index contributed by atoms with van der Waals surface area (Å²) in [7, 11) is 2.02. The summed E-state index contributed by atoms with van der Waals surface area (Å²) in [6, 6.07) is 0.259. The van der Waals surface area contributed by atoms with E-state index >= 15 is 0 Å². The van der Waals surface area contributed by atoms with Gasteiger partial charge >= 0.3 is 0 Å². The summed E-state index contributed by atoms with van der Waals surface area (Å²) in [6.07, 6.45) is 4.53. The van der Waals surface area contributed by atoms with Gasteiger partial charge in [0, 0.05) is 24.9 Å². The Hall–Kier alpha value is -0.870. The van der Waals surface area contributed by atoms with E-state index in [1.165, 1.54) is 0 Å². The molecule has 1 aromatic rings. The van der Waals surface area contributed by atoms with E-state index < -0.39 is 0 Å². The van der Waals surface area contributed by atoms with Crippen LogP contribution < -0.4 is 5.32 Å². The van der Waals surface area contributed by atoms with Crippen molar-refractivity contribution in [2.45, 2.75) is 52.5 Å². The minimum Gasteiger partial charge on any atom is -0.375 e. The van der Waals surface area contributed by atoms with E-state index in [-0.39, 0.29) is 12.1 Å². The predicted molar refractivity (Wildman–Crippen MR) is 72.4 cm³/mol. The normalized spacial score (nSPS) is 33.8. The van der Waals surface area contributed by atoms with Crippen LogP contribution in [-0.4, -0.2) is 28.8 Å². The van der Waals surface area contributed by atoms with Gasteiger partial charge in [-0.05, 0) is 33.7 Å². The Morgan fingerprint density at radius 1 is 1.39 bits per heavy atom. The fourth-order valence-corrected chi connectivity index (χ4v) is 3.23. The molecule has 1 saturated heterocycles. The topological polar surface area (TPSA) is 39.1 Å². The van der Waals surface area contributed by atoms with E-state index in [4.69, 9.17) is 4.74 Å². The van der Waals surface area contributed by atoms with Crippen LogP contribution in [0.25, 0.3) is 0 Å². The van der Waals surface area contributed by atoms with Gasteiger partial charge in [-0.2, -0.15) is 0 Å². The molecule has 2 rings (SSSR count). The fraction of sp³-hybridized carbons (Fsp3) is 0.786. The van der Waals surface area contributed by atoms with Gasteiger partial charge in [0.1, 0.15) is 5.82 Å². The van der Waals surface area contributed by atoms with Crippen molar-refractivity contribution < 1.29 is 4.74 Å². The maximum absolute atomic E-state index is 5.96. The molecule has 1 aliphatic rings. The Labute approximate surface area is 110 Å². The molecule has 0 spiro atoms. The summed E-state index contributed by atoms with van der Waals surface area (Å²) in [4.78, 5) is 4.54. The number of hydrogen-bond donors (Lipinski definition) is 1. The molecule has 0 amide bonds. The lowest BCUT2D eigenvalue weighted by Crippen LogP contribution is -2.35. The van der Waals surface area contributed by atoms with Crippen molar-refractivity contribution in [3.05, 3.63) is 18.2 Å². The lowest BCUT2D eigenvalue weighted by molar-refractivity contribution is 0.0473. The maximum atomic E-state index is 5.96. The third-order valence-corrected chi connectivity index (χ3v) is 4.38. The van der Waals surface area contributed by atoms with Gasteiger partial charge in [0.05, 0.1) is 18.2 Å². The second-order valence-corrected chi connectivity index (χ2v) is 5.32. The van der Waals surface area contributed by atoms with E-state index in [0.717, 1.165) is 12.4 Å². The zero-order valence-electron chi connectivity index (χ0n) is 12.1. The highest BCUT2D eigenvalue weighted by Gasteiger charge is 2.42. The number of imidazole rings is 1. The largest absolute Gasteiger partial charge is 0.375 e. The molecule has 1 aliphatic heterocycles. The van der Waals surface area contributed by atoms with Crippen molar-refractivity contribution in [3.63, 3.8) is 0 Å². The molecular weight excluding hydrogens is 226 g/mol. The number of aryl methyl sites for hydroxylation is 1. The molecule has 4 nitrogen and oxygen atoms in total. The van der Waals surface area contributed by atoms with Gasteiger partial charge in [0.2, 0.25) is 0 Å². The van der Waals surface area contributed by atoms with Gasteiger partial charge in [-0.1, -0.05) is 6.92 Å². The van der Waals surface area contributed by atoms with Crippen molar-refractivity contribution in [1.29, 1.82) is 0 Å². The highest BCUT2D eigenvalue weighted by Crippen LogP contribution is 2.39. The first-order valence-electron chi connectivity index (χ1n) is 6.93. The average molecular weight is 251 g/mol. The number of rotatable bonds is 4. The molecule has 4 heteroatoms. The van der Waals surface area contributed by atoms with Gasteiger partial charge in [0.15, 0.2) is 0 Å². The summed E-state index contributed by atoms with van der Waals surface area (Å²) in [5.41, 5.74) is 0. The lowest BCUT2D eigenvalue weighted by Gasteiger charge is -2.28. The third-order valence-electron chi connectivity index (χ3n) is 4.38. The summed E-state index contributed by atoms with van der Waals surface area (Å²) >= 11 is 0. The first-order chi connectivity index (χ1) is 8.60. The van der Waals surface area contributed by atoms with Crippen LogP contribution in [0.2, 0.25) is 0 Å². The minimum atomic E-state index is 0.259. The van der Waals surface area contributed by atoms with Crippen LogP contribution in [0.1, 0.15) is 39.6 Å². The Balaban J connectivity index is 2.29. The molecule has 0 saturated carbocycles. The van der Waals surface area contributed by atoms with Crippen molar-refractivity contribution >= 4 is 0 Å². The van der Waals surface area contributed by atoms with Crippen LogP contribution in [0, 0.1) is 11.8 Å². The van der Waals surface area contributed by atoms with Gasteiger partial charge in [-0.3, -0.25) is 0 Å². The molecule has 0 radical (unpaired) electrons. The van der Waals surface area contributed by atoms with Crippen LogP contribution >= 0.6 is 0 Å². The molecule has 0 bridgehead atoms. The Morgan fingerprint density at radius 3 is 2.61 bits per heavy atom. The van der Waals surface area contributed by atoms with E-state index in [9.17, 15) is 0 Å². The second-order valence-electron chi connectivity index (χ2n) is 5.32. The first-order valence-corrected chi connectivity index (χ1v) is 6.93. The van der Waals surface area contributed by atoms with Crippen LogP contribution in [0.4, 0.5) is 0 Å². The van der Waals surface area contributed by atoms with E-state index in [2.05, 4.69) is 42.6 Å². The number of hydrogen-bond acceptors (Lipinski definition) is 3. The van der Waals surface area contributed by atoms with Crippen LogP contribution in [-0.2, 0) is 11.3 Å². The van der Waals surface area contributed by atoms with E-state index in [1.807, 2.05) is 19.4 Å². The van der Waals surface area contributed by atoms with Crippen LogP contribution in [0.3, 0.4) is 0 Å². The zero-order chi connectivity index (χ0) is 13.3. The van der Waals surface area contributed by atoms with Crippen molar-refractivity contribution in [1.82, 2.24) is 14.9 Å². The summed E-state index contributed by atoms with van der Waals surface area (Å²) in [5.74, 6) is 2.14. The second kappa shape index (κ2) is 5.41. The SMILES string of the molecule is CCn1ccnc1C(NC)C1C(C)OC(C)C1C. The third kappa shape index (κ3) is 2.19. The molecule has 1 aromatic heterocycles. The Bertz CT molecular complexity index is 390. The highest BCUT2D eigenvalue weighted by atomic mass is 16.5. The van der Waals surface area contributed by atoms with Gasteiger partial charge < -0.3 is 14.6 Å². The predicted octanol–water partition coefficient (Wildman–Crippen LogP) is 2.22. The molecule has 0 aliphatic carbocycles. The van der Waals surface area contributed by atoms with Gasteiger partial charge in [0.25, 0.3) is 0 Å². The number of nitrogens with one attached hydrogen (secondary N) is 1. The maximum Gasteiger partial charge on any atom is 0.126 e. The quantitative estimate of drug-likeness (QED) is 0.892. The monoisotopic (exact) mass is 251 g/mol.